The van der Waals surface area contributed by atoms with Gasteiger partial charge in [0.15, 0.2) is 5.96 Å². The number of benzene rings is 1. The van der Waals surface area contributed by atoms with Gasteiger partial charge in [0.2, 0.25) is 0 Å². The first-order chi connectivity index (χ1) is 10.8. The number of nitrogens with one attached hydrogen (secondary N) is 2. The summed E-state index contributed by atoms with van der Waals surface area (Å²) in [5, 5.41) is 6.53. The first kappa shape index (κ1) is 18.5. The molecular weight excluding hydrogens is 278 g/mol. The van der Waals surface area contributed by atoms with Crippen LogP contribution in [0.3, 0.4) is 0 Å². The number of nitrogens with zero attached hydrogens (tertiary/aromatic N) is 1. The minimum Gasteiger partial charge on any atom is -0.382 e. The highest BCUT2D eigenvalue weighted by Crippen LogP contribution is 2.10. The van der Waals surface area contributed by atoms with Crippen LogP contribution in [0.25, 0.3) is 0 Å². The maximum absolute atomic E-state index is 5.43. The minimum absolute atomic E-state index is 0.621. The fourth-order valence-electron chi connectivity index (χ4n) is 2.05. The van der Waals surface area contributed by atoms with E-state index in [1.807, 2.05) is 0 Å². The number of aryl methyl sites for hydroxylation is 1. The molecule has 124 valence electrons. The molecule has 0 aromatic heterocycles. The second-order valence-corrected chi connectivity index (χ2v) is 4.85. The van der Waals surface area contributed by atoms with Crippen molar-refractivity contribution in [3.63, 3.8) is 0 Å². The Morgan fingerprint density at radius 2 is 1.82 bits per heavy atom. The summed E-state index contributed by atoms with van der Waals surface area (Å²) in [6.07, 6.45) is 1.03. The molecule has 0 atom stereocenters. The summed E-state index contributed by atoms with van der Waals surface area (Å²) in [6, 6.07) is 8.44. The van der Waals surface area contributed by atoms with E-state index in [9.17, 15) is 0 Å². The molecule has 0 unspecified atom stereocenters. The second-order valence-electron chi connectivity index (χ2n) is 4.85. The molecule has 0 radical (unpaired) electrons. The molecule has 0 aliphatic rings. The Hall–Kier alpha value is -1.59. The molecule has 5 heteroatoms. The maximum Gasteiger partial charge on any atom is 0.191 e. The summed E-state index contributed by atoms with van der Waals surface area (Å²) < 4.78 is 10.4. The largest absolute Gasteiger partial charge is 0.382 e. The Morgan fingerprint density at radius 3 is 2.50 bits per heavy atom. The lowest BCUT2D eigenvalue weighted by molar-refractivity contribution is 0.0733. The Morgan fingerprint density at radius 1 is 1.05 bits per heavy atom. The summed E-state index contributed by atoms with van der Waals surface area (Å²) in [7, 11) is 1.67. The van der Waals surface area contributed by atoms with E-state index in [4.69, 9.17) is 9.47 Å². The van der Waals surface area contributed by atoms with Gasteiger partial charge in [-0.05, 0) is 24.5 Å². The van der Waals surface area contributed by atoms with Gasteiger partial charge >= 0.3 is 0 Å². The number of guanidine groups is 1. The van der Waals surface area contributed by atoms with Crippen LogP contribution in [0.5, 0.6) is 0 Å². The molecule has 0 fully saturated rings. The first-order valence-corrected chi connectivity index (χ1v) is 7.97. The van der Waals surface area contributed by atoms with Crippen LogP contribution in [0.2, 0.25) is 0 Å². The number of hydrogen-bond acceptors (Lipinski definition) is 3. The lowest BCUT2D eigenvalue weighted by Crippen LogP contribution is -2.39. The summed E-state index contributed by atoms with van der Waals surface area (Å²) >= 11 is 0. The number of aliphatic imine (C=N–C) groups is 1. The first-order valence-electron chi connectivity index (χ1n) is 7.97. The molecule has 0 heterocycles. The van der Waals surface area contributed by atoms with Gasteiger partial charge < -0.3 is 20.1 Å². The normalized spacial score (nSPS) is 11.5. The molecule has 2 N–H and O–H groups in total. The third-order valence-corrected chi connectivity index (χ3v) is 3.22. The summed E-state index contributed by atoms with van der Waals surface area (Å²) in [5.41, 5.74) is 2.63. The molecule has 1 rings (SSSR count). The second kappa shape index (κ2) is 12.0. The SMILES string of the molecule is CCNC(=NCc1ccccc1CC)NCCOCCOC. The minimum atomic E-state index is 0.621. The molecule has 0 bridgehead atoms. The van der Waals surface area contributed by atoms with E-state index in [0.717, 1.165) is 25.5 Å². The van der Waals surface area contributed by atoms with Crippen molar-refractivity contribution < 1.29 is 9.47 Å². The topological polar surface area (TPSA) is 54.9 Å². The number of methoxy groups -OCH3 is 1. The average molecular weight is 307 g/mol. The van der Waals surface area contributed by atoms with E-state index in [0.29, 0.717) is 26.4 Å². The molecule has 0 saturated heterocycles. The van der Waals surface area contributed by atoms with Gasteiger partial charge in [-0.2, -0.15) is 0 Å². The van der Waals surface area contributed by atoms with Crippen molar-refractivity contribution in [1.29, 1.82) is 0 Å². The van der Waals surface area contributed by atoms with Gasteiger partial charge in [0, 0.05) is 20.2 Å². The van der Waals surface area contributed by atoms with Gasteiger partial charge in [-0.3, -0.25) is 0 Å². The highest BCUT2D eigenvalue weighted by molar-refractivity contribution is 5.79. The van der Waals surface area contributed by atoms with Crippen molar-refractivity contribution in [3.05, 3.63) is 35.4 Å². The monoisotopic (exact) mass is 307 g/mol. The Labute approximate surface area is 134 Å². The highest BCUT2D eigenvalue weighted by atomic mass is 16.5. The molecule has 0 aliphatic heterocycles. The zero-order valence-corrected chi connectivity index (χ0v) is 14.0. The van der Waals surface area contributed by atoms with Crippen molar-refractivity contribution in [2.24, 2.45) is 4.99 Å². The third-order valence-electron chi connectivity index (χ3n) is 3.22. The summed E-state index contributed by atoms with van der Waals surface area (Å²) in [6.45, 7) is 8.37. The molecular formula is C17H29N3O2. The Balaban J connectivity index is 2.44. The van der Waals surface area contributed by atoms with E-state index in [1.165, 1.54) is 11.1 Å². The zero-order valence-electron chi connectivity index (χ0n) is 14.0. The quantitative estimate of drug-likeness (QED) is 0.394. The van der Waals surface area contributed by atoms with E-state index in [1.54, 1.807) is 7.11 Å². The highest BCUT2D eigenvalue weighted by Gasteiger charge is 2.01. The van der Waals surface area contributed by atoms with Crippen LogP contribution in [0.15, 0.2) is 29.3 Å². The van der Waals surface area contributed by atoms with Gasteiger partial charge in [0.1, 0.15) is 0 Å². The van der Waals surface area contributed by atoms with Gasteiger partial charge in [-0.25, -0.2) is 4.99 Å². The maximum atomic E-state index is 5.43. The predicted molar refractivity (Wildman–Crippen MR) is 91.3 cm³/mol. The van der Waals surface area contributed by atoms with Crippen LogP contribution in [0.4, 0.5) is 0 Å². The fourth-order valence-corrected chi connectivity index (χ4v) is 2.05. The van der Waals surface area contributed by atoms with Crippen molar-refractivity contribution in [2.75, 3.05) is 40.0 Å². The van der Waals surface area contributed by atoms with Crippen LogP contribution in [-0.2, 0) is 22.4 Å². The van der Waals surface area contributed by atoms with Crippen molar-refractivity contribution in [2.45, 2.75) is 26.8 Å². The van der Waals surface area contributed by atoms with Crippen molar-refractivity contribution in [1.82, 2.24) is 10.6 Å². The fraction of sp³-hybridized carbons (Fsp3) is 0.588. The number of rotatable bonds is 10. The molecule has 0 saturated carbocycles. The van der Waals surface area contributed by atoms with Crippen molar-refractivity contribution >= 4 is 5.96 Å². The van der Waals surface area contributed by atoms with Gasteiger partial charge in [0.25, 0.3) is 0 Å². The van der Waals surface area contributed by atoms with Crippen molar-refractivity contribution in [3.8, 4) is 0 Å². The summed E-state index contributed by atoms with van der Waals surface area (Å²) in [4.78, 5) is 4.64. The molecule has 1 aromatic rings. The van der Waals surface area contributed by atoms with Crippen LogP contribution < -0.4 is 10.6 Å². The molecule has 0 amide bonds. The van der Waals surface area contributed by atoms with Crippen LogP contribution in [-0.4, -0.2) is 46.0 Å². The molecule has 0 aliphatic carbocycles. The van der Waals surface area contributed by atoms with Crippen LogP contribution in [0, 0.1) is 0 Å². The van der Waals surface area contributed by atoms with E-state index in [-0.39, 0.29) is 0 Å². The molecule has 5 nitrogen and oxygen atoms in total. The standard InChI is InChI=1S/C17H29N3O2/c1-4-15-8-6-7-9-16(15)14-20-17(18-5-2)19-10-11-22-13-12-21-3/h6-9H,4-5,10-14H2,1-3H3,(H2,18,19,20). The molecule has 1 aromatic carbocycles. The van der Waals surface area contributed by atoms with Gasteiger partial charge in [0.05, 0.1) is 26.4 Å². The third kappa shape index (κ3) is 7.43. The van der Waals surface area contributed by atoms with E-state index in [2.05, 4.69) is 53.7 Å². The zero-order chi connectivity index (χ0) is 16.0. The van der Waals surface area contributed by atoms with E-state index < -0.39 is 0 Å². The number of ether oxygens (including phenoxy) is 2. The Kier molecular flexibility index (Phi) is 10.1. The molecule has 22 heavy (non-hydrogen) atoms. The Bertz CT molecular complexity index is 436. The van der Waals surface area contributed by atoms with Gasteiger partial charge in [-0.15, -0.1) is 0 Å². The van der Waals surface area contributed by atoms with Gasteiger partial charge in [-0.1, -0.05) is 31.2 Å². The van der Waals surface area contributed by atoms with E-state index >= 15 is 0 Å². The lowest BCUT2D eigenvalue weighted by Gasteiger charge is -2.12. The summed E-state index contributed by atoms with van der Waals surface area (Å²) in [5.74, 6) is 0.823. The average Bonchev–Trinajstić information content (AvgIpc) is 2.56. The van der Waals surface area contributed by atoms with Crippen LogP contribution >= 0.6 is 0 Å². The molecule has 0 spiro atoms. The number of hydrogen-bond donors (Lipinski definition) is 2. The van der Waals surface area contributed by atoms with Crippen LogP contribution in [0.1, 0.15) is 25.0 Å². The predicted octanol–water partition coefficient (Wildman–Crippen LogP) is 1.97. The smallest absolute Gasteiger partial charge is 0.191 e. The lowest BCUT2D eigenvalue weighted by atomic mass is 10.1.